The van der Waals surface area contributed by atoms with E-state index in [-0.39, 0.29) is 0 Å². The van der Waals surface area contributed by atoms with Gasteiger partial charge in [-0.25, -0.2) is 4.98 Å². The maximum absolute atomic E-state index is 4.63. The minimum absolute atomic E-state index is 0.903. The molecule has 3 aromatic heterocycles. The lowest BCUT2D eigenvalue weighted by Crippen LogP contribution is -1.90. The Morgan fingerprint density at radius 2 is 2.18 bits per heavy atom. The third-order valence-corrected chi connectivity index (χ3v) is 4.50. The van der Waals surface area contributed by atoms with E-state index >= 15 is 0 Å². The van der Waals surface area contributed by atoms with Crippen LogP contribution in [0.3, 0.4) is 0 Å². The van der Waals surface area contributed by atoms with Gasteiger partial charge in [-0.1, -0.05) is 0 Å². The van der Waals surface area contributed by atoms with E-state index in [4.69, 9.17) is 0 Å². The first kappa shape index (κ1) is 11.0. The van der Waals surface area contributed by atoms with Crippen molar-refractivity contribution in [2.24, 2.45) is 0 Å². The molecule has 0 aliphatic heterocycles. The fourth-order valence-corrected chi connectivity index (χ4v) is 3.42. The second kappa shape index (κ2) is 3.96. The zero-order valence-corrected chi connectivity index (χ0v) is 11.9. The Balaban J connectivity index is 2.27. The molecule has 1 radical (unpaired) electrons. The van der Waals surface area contributed by atoms with Gasteiger partial charge in [0, 0.05) is 10.2 Å². The number of hydrogen-bond acceptors (Lipinski definition) is 2. The Hall–Kier alpha value is -1.13. The lowest BCUT2D eigenvalue weighted by atomic mass is 10.2. The minimum Gasteiger partial charge on any atom is -0.295 e. The molecule has 17 heavy (non-hydrogen) atoms. The average Bonchev–Trinajstić information content (AvgIpc) is 2.83. The lowest BCUT2D eigenvalue weighted by Gasteiger charge is -1.99. The van der Waals surface area contributed by atoms with Gasteiger partial charge >= 0.3 is 0 Å². The quantitative estimate of drug-likeness (QED) is 0.657. The highest BCUT2D eigenvalue weighted by atomic mass is 79.9. The lowest BCUT2D eigenvalue weighted by molar-refractivity contribution is 1.07. The number of nitrogens with zero attached hydrogens (tertiary/aromatic N) is 2. The Labute approximate surface area is 112 Å². The molecular formula is C13H10BrN2S. The molecule has 0 fully saturated rings. The van der Waals surface area contributed by atoms with Crippen LogP contribution < -0.4 is 0 Å². The monoisotopic (exact) mass is 305 g/mol. The summed E-state index contributed by atoms with van der Waals surface area (Å²) in [5, 5.41) is 2.05. The summed E-state index contributed by atoms with van der Waals surface area (Å²) in [6.45, 7) is 4.16. The van der Waals surface area contributed by atoms with Gasteiger partial charge in [0.1, 0.15) is 17.5 Å². The molecule has 3 rings (SSSR count). The second-order valence-electron chi connectivity index (χ2n) is 4.04. The number of pyridine rings is 1. The normalized spacial score (nSPS) is 11.2. The zero-order chi connectivity index (χ0) is 12.0. The van der Waals surface area contributed by atoms with E-state index in [9.17, 15) is 0 Å². The van der Waals surface area contributed by atoms with Gasteiger partial charge < -0.3 is 0 Å². The Bertz CT molecular complexity index is 697. The standard InChI is InChI=1S/C13H10BrN2S/c1-8-5-9(2)16-7-11(15-12(16)6-8)13-10(14)3-4-17-13/h3-6H,1-2H3. The van der Waals surface area contributed by atoms with Crippen LogP contribution in [0.15, 0.2) is 28.1 Å². The summed E-state index contributed by atoms with van der Waals surface area (Å²) in [4.78, 5) is 5.76. The van der Waals surface area contributed by atoms with Crippen molar-refractivity contribution >= 4 is 32.9 Å². The number of aryl methyl sites for hydroxylation is 2. The highest BCUT2D eigenvalue weighted by molar-refractivity contribution is 9.10. The van der Waals surface area contributed by atoms with E-state index < -0.39 is 0 Å². The highest BCUT2D eigenvalue weighted by Gasteiger charge is 2.11. The van der Waals surface area contributed by atoms with Crippen molar-refractivity contribution in [3.8, 4) is 10.6 Å². The van der Waals surface area contributed by atoms with Crippen LogP contribution in [0.1, 0.15) is 11.3 Å². The molecule has 3 aromatic rings. The summed E-state index contributed by atoms with van der Waals surface area (Å²) >= 11 is 5.21. The third-order valence-electron chi connectivity index (χ3n) is 2.65. The molecule has 0 unspecified atom stereocenters. The van der Waals surface area contributed by atoms with Crippen LogP contribution in [0.2, 0.25) is 0 Å². The number of thiophene rings is 1. The van der Waals surface area contributed by atoms with Crippen molar-refractivity contribution in [1.82, 2.24) is 9.38 Å². The van der Waals surface area contributed by atoms with E-state index in [2.05, 4.69) is 58.5 Å². The van der Waals surface area contributed by atoms with Gasteiger partial charge in [-0.2, -0.15) is 0 Å². The molecule has 0 bridgehead atoms. The third kappa shape index (κ3) is 1.81. The van der Waals surface area contributed by atoms with Crippen LogP contribution in [-0.2, 0) is 0 Å². The largest absolute Gasteiger partial charge is 0.295 e. The maximum atomic E-state index is 4.63. The Morgan fingerprint density at radius 1 is 1.35 bits per heavy atom. The van der Waals surface area contributed by atoms with Crippen LogP contribution >= 0.6 is 27.3 Å². The van der Waals surface area contributed by atoms with E-state index in [1.807, 2.05) is 10.5 Å². The van der Waals surface area contributed by atoms with E-state index in [0.29, 0.717) is 0 Å². The van der Waals surface area contributed by atoms with Crippen LogP contribution in [-0.4, -0.2) is 9.38 Å². The van der Waals surface area contributed by atoms with Crippen LogP contribution in [0.25, 0.3) is 16.2 Å². The molecule has 0 amide bonds. The molecule has 2 nitrogen and oxygen atoms in total. The number of imidazole rings is 1. The highest BCUT2D eigenvalue weighted by Crippen LogP contribution is 2.32. The molecule has 0 N–H and O–H groups in total. The van der Waals surface area contributed by atoms with Gasteiger partial charge in [0.2, 0.25) is 0 Å². The summed E-state index contributed by atoms with van der Waals surface area (Å²) in [5.41, 5.74) is 4.25. The van der Waals surface area contributed by atoms with Crippen LogP contribution in [0, 0.1) is 20.0 Å². The first-order valence-electron chi connectivity index (χ1n) is 5.27. The fraction of sp³-hybridized carbons (Fsp3) is 0.154. The maximum Gasteiger partial charge on any atom is 0.138 e. The SMILES string of the molecule is Cc1cc(C)n2[c]c(-c3sccc3Br)nc2c1. The second-order valence-corrected chi connectivity index (χ2v) is 5.81. The predicted octanol–water partition coefficient (Wildman–Crippen LogP) is 4.24. The van der Waals surface area contributed by atoms with Gasteiger partial charge in [0.15, 0.2) is 0 Å². The number of rotatable bonds is 1. The summed E-state index contributed by atoms with van der Waals surface area (Å²) in [7, 11) is 0. The van der Waals surface area contributed by atoms with Crippen molar-refractivity contribution in [2.75, 3.05) is 0 Å². The van der Waals surface area contributed by atoms with Crippen LogP contribution in [0.4, 0.5) is 0 Å². The molecule has 0 saturated carbocycles. The van der Waals surface area contributed by atoms with Crippen molar-refractivity contribution < 1.29 is 0 Å². The summed E-state index contributed by atoms with van der Waals surface area (Å²) in [6, 6.07) is 6.25. The van der Waals surface area contributed by atoms with Crippen LogP contribution in [0.5, 0.6) is 0 Å². The smallest absolute Gasteiger partial charge is 0.138 e. The molecule has 3 heterocycles. The van der Waals surface area contributed by atoms with Gasteiger partial charge in [-0.15, -0.1) is 11.3 Å². The molecule has 0 saturated heterocycles. The summed E-state index contributed by atoms with van der Waals surface area (Å²) in [5.74, 6) is 0. The predicted molar refractivity (Wildman–Crippen MR) is 74.5 cm³/mol. The number of hydrogen-bond donors (Lipinski definition) is 0. The van der Waals surface area contributed by atoms with Crippen molar-refractivity contribution in [2.45, 2.75) is 13.8 Å². The fourth-order valence-electron chi connectivity index (χ4n) is 1.92. The van der Waals surface area contributed by atoms with E-state index in [1.165, 1.54) is 5.56 Å². The number of halogens is 1. The topological polar surface area (TPSA) is 17.3 Å². The summed E-state index contributed by atoms with van der Waals surface area (Å²) in [6.07, 6.45) is 3.32. The van der Waals surface area contributed by atoms with Gasteiger partial charge in [0.25, 0.3) is 0 Å². The summed E-state index contributed by atoms with van der Waals surface area (Å²) < 4.78 is 3.09. The Morgan fingerprint density at radius 3 is 2.88 bits per heavy atom. The first-order chi connectivity index (χ1) is 8.15. The minimum atomic E-state index is 0.903. The molecular weight excluding hydrogens is 296 g/mol. The molecule has 0 aliphatic rings. The van der Waals surface area contributed by atoms with Crippen molar-refractivity contribution in [3.63, 3.8) is 0 Å². The average molecular weight is 306 g/mol. The van der Waals surface area contributed by atoms with E-state index in [0.717, 1.165) is 26.4 Å². The van der Waals surface area contributed by atoms with Gasteiger partial charge in [-0.05, 0) is 58.9 Å². The van der Waals surface area contributed by atoms with Crippen molar-refractivity contribution in [1.29, 1.82) is 0 Å². The molecule has 85 valence electrons. The van der Waals surface area contributed by atoms with Gasteiger partial charge in [-0.3, -0.25) is 4.40 Å². The zero-order valence-electron chi connectivity index (χ0n) is 9.49. The van der Waals surface area contributed by atoms with Crippen molar-refractivity contribution in [3.05, 3.63) is 45.5 Å². The Kier molecular flexibility index (Phi) is 2.56. The number of aromatic nitrogens is 2. The van der Waals surface area contributed by atoms with E-state index in [1.54, 1.807) is 11.3 Å². The molecule has 0 atom stereocenters. The molecule has 0 aliphatic carbocycles. The molecule has 0 aromatic carbocycles. The first-order valence-corrected chi connectivity index (χ1v) is 6.95. The molecule has 4 heteroatoms. The van der Waals surface area contributed by atoms with Gasteiger partial charge in [0.05, 0.1) is 4.88 Å². The number of fused-ring (bicyclic) bond motifs is 1. The molecule has 0 spiro atoms.